The minimum Gasteiger partial charge on any atom is -0.494 e. The Labute approximate surface area is 100 Å². The van der Waals surface area contributed by atoms with Crippen LogP contribution in [0.5, 0.6) is 5.75 Å². The van der Waals surface area contributed by atoms with Crippen LogP contribution in [0.2, 0.25) is 0 Å². The van der Waals surface area contributed by atoms with Crippen molar-refractivity contribution in [3.63, 3.8) is 0 Å². The molecule has 0 radical (unpaired) electrons. The molecule has 0 aromatic heterocycles. The molecule has 4 heteroatoms. The van der Waals surface area contributed by atoms with Crippen LogP contribution in [0, 0.1) is 0 Å². The maximum atomic E-state index is 11.7. The lowest BCUT2D eigenvalue weighted by molar-refractivity contribution is -0.137. The quantitative estimate of drug-likeness (QED) is 0.748. The van der Waals surface area contributed by atoms with Gasteiger partial charge in [-0.25, -0.2) is 0 Å². The van der Waals surface area contributed by atoms with Crippen LogP contribution < -0.4 is 9.64 Å². The largest absolute Gasteiger partial charge is 0.494 e. The number of hydrogen-bond acceptors (Lipinski definition) is 3. The zero-order valence-corrected chi connectivity index (χ0v) is 9.81. The molecule has 0 N–H and O–H groups in total. The van der Waals surface area contributed by atoms with Crippen LogP contribution in [0.25, 0.3) is 0 Å². The maximum Gasteiger partial charge on any atom is 0.294 e. The van der Waals surface area contributed by atoms with Gasteiger partial charge in [-0.15, -0.1) is 0 Å². The van der Waals surface area contributed by atoms with Crippen molar-refractivity contribution in [3.05, 3.63) is 24.3 Å². The summed E-state index contributed by atoms with van der Waals surface area (Å²) in [5.74, 6) is 0.0672. The van der Waals surface area contributed by atoms with E-state index in [0.29, 0.717) is 19.6 Å². The number of piperidine rings is 1. The monoisotopic (exact) mass is 233 g/mol. The first-order valence-corrected chi connectivity index (χ1v) is 5.80. The Morgan fingerprint density at radius 2 is 1.94 bits per heavy atom. The first kappa shape index (κ1) is 11.6. The van der Waals surface area contributed by atoms with E-state index in [9.17, 15) is 9.59 Å². The Kier molecular flexibility index (Phi) is 3.42. The molecule has 0 aliphatic carbocycles. The molecule has 0 saturated carbocycles. The molecular formula is C13H15NO3. The summed E-state index contributed by atoms with van der Waals surface area (Å²) >= 11 is 0. The van der Waals surface area contributed by atoms with Gasteiger partial charge in [0.1, 0.15) is 5.75 Å². The van der Waals surface area contributed by atoms with E-state index in [2.05, 4.69) is 0 Å². The summed E-state index contributed by atoms with van der Waals surface area (Å²) in [5.41, 5.74) is 0.756. The molecule has 0 bridgehead atoms. The highest BCUT2D eigenvalue weighted by Crippen LogP contribution is 2.22. The number of ether oxygens (including phenoxy) is 1. The third kappa shape index (κ3) is 2.46. The molecule has 1 heterocycles. The van der Waals surface area contributed by atoms with Gasteiger partial charge in [-0.2, -0.15) is 0 Å². The van der Waals surface area contributed by atoms with Crippen LogP contribution >= 0.6 is 0 Å². The summed E-state index contributed by atoms with van der Waals surface area (Å²) in [5, 5.41) is 0. The molecule has 1 aliphatic rings. The van der Waals surface area contributed by atoms with Crippen molar-refractivity contribution < 1.29 is 14.3 Å². The van der Waals surface area contributed by atoms with Gasteiger partial charge in [0, 0.05) is 18.7 Å². The summed E-state index contributed by atoms with van der Waals surface area (Å²) in [6.07, 6.45) is 1.10. The molecule has 1 aromatic carbocycles. The van der Waals surface area contributed by atoms with E-state index in [-0.39, 0.29) is 5.78 Å². The molecular weight excluding hydrogens is 218 g/mol. The molecule has 1 saturated heterocycles. The van der Waals surface area contributed by atoms with Crippen LogP contribution in [0.4, 0.5) is 5.69 Å². The number of nitrogens with zero attached hydrogens (tertiary/aromatic N) is 1. The number of carbonyl (C=O) groups excluding carboxylic acids is 2. The number of ketones is 1. The average Bonchev–Trinajstić information content (AvgIpc) is 2.34. The number of Topliss-reactive ketones (excluding diaryl/α,β-unsaturated/α-hetero) is 1. The normalized spacial score (nSPS) is 16.2. The zero-order valence-electron chi connectivity index (χ0n) is 9.81. The summed E-state index contributed by atoms with van der Waals surface area (Å²) in [7, 11) is 0. The predicted octanol–water partition coefficient (Wildman–Crippen LogP) is 1.78. The third-order valence-corrected chi connectivity index (χ3v) is 2.73. The van der Waals surface area contributed by atoms with E-state index >= 15 is 0 Å². The van der Waals surface area contributed by atoms with E-state index in [1.54, 1.807) is 0 Å². The minimum absolute atomic E-state index is 0.301. The van der Waals surface area contributed by atoms with Crippen molar-refractivity contribution in [2.45, 2.75) is 19.8 Å². The number of hydrogen-bond donors (Lipinski definition) is 0. The molecule has 1 fully saturated rings. The lowest BCUT2D eigenvalue weighted by Gasteiger charge is -2.25. The second kappa shape index (κ2) is 4.99. The molecule has 0 spiro atoms. The third-order valence-electron chi connectivity index (χ3n) is 2.73. The second-order valence-corrected chi connectivity index (χ2v) is 3.91. The van der Waals surface area contributed by atoms with Gasteiger partial charge in [0.05, 0.1) is 6.61 Å². The smallest absolute Gasteiger partial charge is 0.294 e. The van der Waals surface area contributed by atoms with Crippen molar-refractivity contribution in [2.75, 3.05) is 18.1 Å². The molecule has 1 aromatic rings. The van der Waals surface area contributed by atoms with Gasteiger partial charge in [-0.1, -0.05) is 0 Å². The first-order chi connectivity index (χ1) is 8.22. The molecule has 17 heavy (non-hydrogen) atoms. The number of carbonyl (C=O) groups is 2. The Morgan fingerprint density at radius 1 is 1.24 bits per heavy atom. The summed E-state index contributed by atoms with van der Waals surface area (Å²) in [6.45, 7) is 3.14. The highest BCUT2D eigenvalue weighted by atomic mass is 16.5. The fraction of sp³-hybridized carbons (Fsp3) is 0.385. The topological polar surface area (TPSA) is 46.6 Å². The van der Waals surface area contributed by atoms with Gasteiger partial charge in [0.2, 0.25) is 5.78 Å². The standard InChI is InChI=1S/C13H15NO3/c1-2-17-11-7-5-10(6-8-11)14-9-3-4-12(15)13(14)16/h5-8H,2-4,9H2,1H3. The molecule has 2 rings (SSSR count). The van der Waals surface area contributed by atoms with Crippen molar-refractivity contribution >= 4 is 17.4 Å². The van der Waals surface area contributed by atoms with Crippen LogP contribution in [0.3, 0.4) is 0 Å². The molecule has 4 nitrogen and oxygen atoms in total. The maximum absolute atomic E-state index is 11.7. The van der Waals surface area contributed by atoms with Crippen molar-refractivity contribution in [3.8, 4) is 5.75 Å². The Hall–Kier alpha value is -1.84. The van der Waals surface area contributed by atoms with Gasteiger partial charge in [-0.05, 0) is 37.6 Å². The Balaban J connectivity index is 2.16. The van der Waals surface area contributed by atoms with Crippen LogP contribution in [-0.4, -0.2) is 24.8 Å². The Morgan fingerprint density at radius 3 is 2.59 bits per heavy atom. The van der Waals surface area contributed by atoms with Gasteiger partial charge in [0.15, 0.2) is 0 Å². The fourth-order valence-electron chi connectivity index (χ4n) is 1.89. The van der Waals surface area contributed by atoms with E-state index in [1.807, 2.05) is 31.2 Å². The van der Waals surface area contributed by atoms with Gasteiger partial charge in [0.25, 0.3) is 5.91 Å². The summed E-state index contributed by atoms with van der Waals surface area (Å²) < 4.78 is 5.33. The lowest BCUT2D eigenvalue weighted by Crippen LogP contribution is -2.41. The van der Waals surface area contributed by atoms with E-state index in [0.717, 1.165) is 17.9 Å². The highest BCUT2D eigenvalue weighted by molar-refractivity contribution is 6.41. The average molecular weight is 233 g/mol. The number of rotatable bonds is 3. The van der Waals surface area contributed by atoms with Crippen LogP contribution in [-0.2, 0) is 9.59 Å². The van der Waals surface area contributed by atoms with Crippen molar-refractivity contribution in [1.29, 1.82) is 0 Å². The van der Waals surface area contributed by atoms with Crippen molar-refractivity contribution in [1.82, 2.24) is 0 Å². The highest BCUT2D eigenvalue weighted by Gasteiger charge is 2.27. The fourth-order valence-corrected chi connectivity index (χ4v) is 1.89. The number of anilines is 1. The molecule has 1 aliphatic heterocycles. The number of amides is 1. The van der Waals surface area contributed by atoms with Gasteiger partial charge >= 0.3 is 0 Å². The minimum atomic E-state index is -0.402. The van der Waals surface area contributed by atoms with Crippen LogP contribution in [0.15, 0.2) is 24.3 Å². The Bertz CT molecular complexity index is 425. The first-order valence-electron chi connectivity index (χ1n) is 5.80. The summed E-state index contributed by atoms with van der Waals surface area (Å²) in [6, 6.07) is 7.24. The zero-order chi connectivity index (χ0) is 12.3. The molecule has 0 atom stereocenters. The van der Waals surface area contributed by atoms with Crippen LogP contribution in [0.1, 0.15) is 19.8 Å². The van der Waals surface area contributed by atoms with Crippen molar-refractivity contribution in [2.24, 2.45) is 0 Å². The molecule has 0 unspecified atom stereocenters. The lowest BCUT2D eigenvalue weighted by atomic mass is 10.1. The molecule has 90 valence electrons. The van der Waals surface area contributed by atoms with E-state index < -0.39 is 5.91 Å². The molecule has 1 amide bonds. The predicted molar refractivity (Wildman–Crippen MR) is 64.2 cm³/mol. The van der Waals surface area contributed by atoms with Gasteiger partial charge in [-0.3, -0.25) is 9.59 Å². The SMILES string of the molecule is CCOc1ccc(N2CCCC(=O)C2=O)cc1. The van der Waals surface area contributed by atoms with E-state index in [1.165, 1.54) is 4.90 Å². The second-order valence-electron chi connectivity index (χ2n) is 3.91. The number of benzene rings is 1. The van der Waals surface area contributed by atoms with E-state index in [4.69, 9.17) is 4.74 Å². The van der Waals surface area contributed by atoms with Gasteiger partial charge < -0.3 is 9.64 Å². The summed E-state index contributed by atoms with van der Waals surface area (Å²) in [4.78, 5) is 24.5.